The molecule has 0 bridgehead atoms. The van der Waals surface area contributed by atoms with Gasteiger partial charge in [0, 0.05) is 44.7 Å². The van der Waals surface area contributed by atoms with Crippen molar-refractivity contribution in [2.24, 2.45) is 0 Å². The molecule has 10 nitrogen and oxygen atoms in total. The molecule has 1 spiro atoms. The molecule has 4 aromatic rings. The van der Waals surface area contributed by atoms with E-state index < -0.39 is 53.1 Å². The Morgan fingerprint density at radius 2 is 1.55 bits per heavy atom. The monoisotopic (exact) mass is 916 g/mol. The second kappa shape index (κ2) is 18.7. The van der Waals surface area contributed by atoms with Crippen LogP contribution in [0.25, 0.3) is 0 Å². The smallest absolute Gasteiger partial charge is 0.367 e. The van der Waals surface area contributed by atoms with Crippen molar-refractivity contribution in [3.05, 3.63) is 128 Å². The number of fused-ring (bicyclic) bond motifs is 2. The highest BCUT2D eigenvalue weighted by Gasteiger charge is 2.50. The van der Waals surface area contributed by atoms with Gasteiger partial charge in [0.25, 0.3) is 11.8 Å². The molecule has 3 amide bonds. The normalized spacial score (nSPS) is 19.8. The number of likely N-dealkylation sites (N-methyl/N-ethyl adjacent to an activating group) is 1. The number of nitrogens with zero attached hydrogens (tertiary/aromatic N) is 4. The molecule has 1 aromatic heterocycles. The number of rotatable bonds is 14. The fraction of sp³-hybridized carbons (Fsp3) is 0.435. The van der Waals surface area contributed by atoms with Gasteiger partial charge in [-0.25, -0.2) is 4.39 Å². The standard InChI is InChI=1S/C46H47F7N4O6S/c1-54(17-5-18-55(2)42(61)38-13-12-36(26-58)64-38)40(59)27-62-39-24-30-6-3-4-7-37(30)43(39)14-19-56(20-15-43)21-16-44(32-8-10-35(47)11-9-32)28-57(29-63-44)41(60)31-22-33(45(48,49)50)25-34(23-31)46(51,52)53/h3-4,6-13,22-23,25-26,39H,5,14-21,24,27-29H2,1-2H3/t39-,44-/m0/s1. The van der Waals surface area contributed by atoms with Crippen LogP contribution >= 0.6 is 11.3 Å². The minimum atomic E-state index is -5.14. The van der Waals surface area contributed by atoms with Crippen molar-refractivity contribution in [3.63, 3.8) is 0 Å². The number of aldehydes is 1. The largest absolute Gasteiger partial charge is 0.416 e. The number of carbonyl (C=O) groups is 4. The SMILES string of the molecule is CN(CCCN(C)C(=O)c1ccc(C=O)s1)C(=O)CO[C@H]1Cc2ccccc2C12CCN(CC[C@@]1(c3ccc(F)cc3)CN(C(=O)c3cc(C(F)(F)F)cc(C(F)(F)F)c3)CO1)CC2. The molecule has 342 valence electrons. The van der Waals surface area contributed by atoms with Crippen molar-refractivity contribution < 1.29 is 59.4 Å². The zero-order valence-corrected chi connectivity index (χ0v) is 36.0. The third-order valence-electron chi connectivity index (χ3n) is 12.7. The summed E-state index contributed by atoms with van der Waals surface area (Å²) in [4.78, 5) is 58.1. The van der Waals surface area contributed by atoms with Gasteiger partial charge in [-0.3, -0.25) is 19.2 Å². The molecule has 18 heteroatoms. The first kappa shape index (κ1) is 46.8. The van der Waals surface area contributed by atoms with Crippen LogP contribution in [0, 0.1) is 5.82 Å². The Bertz CT molecular complexity index is 2310. The molecule has 2 saturated heterocycles. The summed E-state index contributed by atoms with van der Waals surface area (Å²) in [5.41, 5.74) is -2.82. The van der Waals surface area contributed by atoms with Crippen molar-refractivity contribution in [1.82, 2.24) is 19.6 Å². The molecule has 1 aliphatic carbocycles. The predicted octanol–water partition coefficient (Wildman–Crippen LogP) is 8.05. The Morgan fingerprint density at radius 3 is 2.19 bits per heavy atom. The minimum Gasteiger partial charge on any atom is -0.367 e. The number of carbonyl (C=O) groups excluding carboxylic acids is 4. The summed E-state index contributed by atoms with van der Waals surface area (Å²) in [6.45, 7) is 1.71. The van der Waals surface area contributed by atoms with Gasteiger partial charge in [-0.1, -0.05) is 36.4 Å². The number of likely N-dealkylation sites (tertiary alicyclic amines) is 1. The number of ether oxygens (including phenoxy) is 2. The average Bonchev–Trinajstić information content (AvgIpc) is 4.01. The summed E-state index contributed by atoms with van der Waals surface area (Å²) < 4.78 is 109. The lowest BCUT2D eigenvalue weighted by Crippen LogP contribution is -2.50. The van der Waals surface area contributed by atoms with Crippen molar-refractivity contribution >= 4 is 35.3 Å². The molecule has 3 aromatic carbocycles. The molecule has 2 atom stereocenters. The van der Waals surface area contributed by atoms with E-state index in [1.165, 1.54) is 29.8 Å². The first-order valence-electron chi connectivity index (χ1n) is 20.8. The lowest BCUT2D eigenvalue weighted by atomic mass is 9.72. The Balaban J connectivity index is 0.983. The molecule has 2 fully saturated rings. The second-order valence-electron chi connectivity index (χ2n) is 16.7. The number of piperidine rings is 1. The third kappa shape index (κ3) is 10.0. The lowest BCUT2D eigenvalue weighted by molar-refractivity contribution is -0.143. The number of amides is 3. The molecule has 64 heavy (non-hydrogen) atoms. The molecule has 0 N–H and O–H groups in total. The molecule has 3 heterocycles. The molecule has 7 rings (SSSR count). The molecule has 0 unspecified atom stereocenters. The van der Waals surface area contributed by atoms with Crippen molar-refractivity contribution in [2.45, 2.75) is 61.6 Å². The number of hydrogen-bond acceptors (Lipinski definition) is 8. The summed E-state index contributed by atoms with van der Waals surface area (Å²) >= 11 is 1.13. The van der Waals surface area contributed by atoms with E-state index in [0.29, 0.717) is 92.1 Å². The summed E-state index contributed by atoms with van der Waals surface area (Å²) in [5.74, 6) is -1.99. The van der Waals surface area contributed by atoms with Crippen LogP contribution in [0.2, 0.25) is 0 Å². The third-order valence-corrected chi connectivity index (χ3v) is 13.7. The average molecular weight is 917 g/mol. The van der Waals surface area contributed by atoms with Gasteiger partial charge in [0.2, 0.25) is 5.91 Å². The molecular weight excluding hydrogens is 870 g/mol. The van der Waals surface area contributed by atoms with Crippen LogP contribution in [0.15, 0.2) is 78.9 Å². The van der Waals surface area contributed by atoms with Gasteiger partial charge < -0.3 is 29.1 Å². The van der Waals surface area contributed by atoms with E-state index in [1.54, 1.807) is 36.0 Å². The van der Waals surface area contributed by atoms with Crippen LogP contribution in [0.1, 0.15) is 83.2 Å². The summed E-state index contributed by atoms with van der Waals surface area (Å²) in [7, 11) is 3.37. The molecule has 0 saturated carbocycles. The number of benzene rings is 3. The highest BCUT2D eigenvalue weighted by Crippen LogP contribution is 2.48. The maximum atomic E-state index is 14.1. The van der Waals surface area contributed by atoms with E-state index in [-0.39, 0.29) is 49.0 Å². The van der Waals surface area contributed by atoms with E-state index in [0.717, 1.165) is 21.8 Å². The zero-order chi connectivity index (χ0) is 46.0. The Labute approximate surface area is 369 Å². The summed E-state index contributed by atoms with van der Waals surface area (Å²) in [5, 5.41) is 0. The number of hydrogen-bond donors (Lipinski definition) is 0. The van der Waals surface area contributed by atoms with Crippen LogP contribution in [0.3, 0.4) is 0 Å². The predicted molar refractivity (Wildman–Crippen MR) is 222 cm³/mol. The van der Waals surface area contributed by atoms with Gasteiger partial charge in [0.1, 0.15) is 24.8 Å². The number of alkyl halides is 6. The fourth-order valence-electron chi connectivity index (χ4n) is 9.07. The van der Waals surface area contributed by atoms with E-state index >= 15 is 0 Å². The minimum absolute atomic E-state index is 0.0319. The highest BCUT2D eigenvalue weighted by atomic mass is 32.1. The number of halogens is 7. The van der Waals surface area contributed by atoms with Gasteiger partial charge in [-0.2, -0.15) is 26.3 Å². The topological polar surface area (TPSA) is 99.7 Å². The first-order chi connectivity index (χ1) is 30.3. The van der Waals surface area contributed by atoms with Gasteiger partial charge in [0.15, 0.2) is 6.29 Å². The van der Waals surface area contributed by atoms with E-state index in [1.807, 2.05) is 12.1 Å². The van der Waals surface area contributed by atoms with Gasteiger partial charge in [-0.05, 0) is 104 Å². The molecule has 0 radical (unpaired) electrons. The van der Waals surface area contributed by atoms with Gasteiger partial charge in [-0.15, -0.1) is 11.3 Å². The van der Waals surface area contributed by atoms with Crippen LogP contribution < -0.4 is 0 Å². The molecular formula is C46H47F7N4O6S. The Hall–Kier alpha value is -5.17. The van der Waals surface area contributed by atoms with Gasteiger partial charge in [0.05, 0.1) is 33.5 Å². The van der Waals surface area contributed by atoms with E-state index in [4.69, 9.17) is 9.47 Å². The molecule has 2 aliphatic heterocycles. The van der Waals surface area contributed by atoms with Crippen molar-refractivity contribution in [3.8, 4) is 0 Å². The lowest BCUT2D eigenvalue weighted by Gasteiger charge is -2.44. The second-order valence-corrected chi connectivity index (χ2v) is 17.8. The van der Waals surface area contributed by atoms with E-state index in [2.05, 4.69) is 17.0 Å². The van der Waals surface area contributed by atoms with Crippen molar-refractivity contribution in [1.29, 1.82) is 0 Å². The maximum absolute atomic E-state index is 14.1. The Kier molecular flexibility index (Phi) is 13.7. The summed E-state index contributed by atoms with van der Waals surface area (Å²) in [6.07, 6.45) is -7.07. The van der Waals surface area contributed by atoms with Crippen LogP contribution in [0.4, 0.5) is 30.7 Å². The fourth-order valence-corrected chi connectivity index (χ4v) is 9.88. The zero-order valence-electron chi connectivity index (χ0n) is 35.1. The van der Waals surface area contributed by atoms with Gasteiger partial charge >= 0.3 is 12.4 Å². The first-order valence-corrected chi connectivity index (χ1v) is 21.6. The van der Waals surface area contributed by atoms with Crippen LogP contribution in [-0.2, 0) is 44.1 Å². The maximum Gasteiger partial charge on any atom is 0.416 e. The highest BCUT2D eigenvalue weighted by molar-refractivity contribution is 7.15. The Morgan fingerprint density at radius 1 is 0.891 bits per heavy atom. The summed E-state index contributed by atoms with van der Waals surface area (Å²) in [6, 6.07) is 17.5. The molecule has 3 aliphatic rings. The quantitative estimate of drug-likeness (QED) is 0.0933. The van der Waals surface area contributed by atoms with Crippen LogP contribution in [0.5, 0.6) is 0 Å². The van der Waals surface area contributed by atoms with Crippen LogP contribution in [-0.4, -0.2) is 116 Å². The van der Waals surface area contributed by atoms with E-state index in [9.17, 15) is 49.9 Å². The number of thiophene rings is 1. The van der Waals surface area contributed by atoms with Crippen molar-refractivity contribution in [2.75, 3.05) is 66.7 Å².